The molecule has 144 valence electrons. The second-order valence-corrected chi connectivity index (χ2v) is 8.36. The Hall–Kier alpha value is -2.65. The standard InChI is InChI=1S/C18H24N6O2S/c1-4-14-17(27(25,26)13-8-6-5-7-9-13)18-21-16(20-10-11-23(2)3)12-15(19)24(18)22-14/h5-9,12H,4,10-11,19H2,1-3H3,(H,20,21). The Morgan fingerprint density at radius 3 is 2.56 bits per heavy atom. The number of likely N-dealkylation sites (N-methyl/N-ethyl adjacent to an activating group) is 1. The number of anilines is 2. The topological polar surface area (TPSA) is 106 Å². The largest absolute Gasteiger partial charge is 0.383 e. The van der Waals surface area contributed by atoms with E-state index in [2.05, 4.69) is 15.4 Å². The molecule has 0 unspecified atom stereocenters. The maximum Gasteiger partial charge on any atom is 0.212 e. The molecule has 3 N–H and O–H groups in total. The minimum atomic E-state index is -3.77. The molecule has 0 aliphatic rings. The smallest absolute Gasteiger partial charge is 0.212 e. The number of rotatable bonds is 7. The van der Waals surface area contributed by atoms with Gasteiger partial charge in [-0.1, -0.05) is 25.1 Å². The fourth-order valence-corrected chi connectivity index (χ4v) is 4.41. The number of aromatic nitrogens is 3. The Balaban J connectivity index is 2.15. The van der Waals surface area contributed by atoms with Crippen molar-refractivity contribution in [2.75, 3.05) is 38.2 Å². The third-order valence-electron chi connectivity index (χ3n) is 4.16. The van der Waals surface area contributed by atoms with E-state index in [9.17, 15) is 8.42 Å². The average molecular weight is 388 g/mol. The molecular formula is C18H24N6O2S. The summed E-state index contributed by atoms with van der Waals surface area (Å²) < 4.78 is 27.9. The normalized spacial score (nSPS) is 12.0. The average Bonchev–Trinajstić information content (AvgIpc) is 3.02. The van der Waals surface area contributed by atoms with Crippen molar-refractivity contribution in [3.63, 3.8) is 0 Å². The third-order valence-corrected chi connectivity index (χ3v) is 6.01. The molecule has 0 atom stereocenters. The lowest BCUT2D eigenvalue weighted by molar-refractivity contribution is 0.425. The summed E-state index contributed by atoms with van der Waals surface area (Å²) in [5.41, 5.74) is 6.81. The Morgan fingerprint density at radius 2 is 1.93 bits per heavy atom. The molecule has 27 heavy (non-hydrogen) atoms. The number of nitrogens with two attached hydrogens (primary N) is 1. The van der Waals surface area contributed by atoms with Gasteiger partial charge in [0, 0.05) is 19.2 Å². The number of nitrogens with zero attached hydrogens (tertiary/aromatic N) is 4. The highest BCUT2D eigenvalue weighted by molar-refractivity contribution is 7.91. The highest BCUT2D eigenvalue weighted by Crippen LogP contribution is 2.29. The summed E-state index contributed by atoms with van der Waals surface area (Å²) >= 11 is 0. The first-order chi connectivity index (χ1) is 12.8. The predicted octanol–water partition coefficient (Wildman–Crippen LogP) is 1.68. The van der Waals surface area contributed by atoms with Crippen molar-refractivity contribution < 1.29 is 8.42 Å². The van der Waals surface area contributed by atoms with Crippen LogP contribution in [-0.4, -0.2) is 55.1 Å². The van der Waals surface area contributed by atoms with Crippen molar-refractivity contribution in [2.45, 2.75) is 23.1 Å². The van der Waals surface area contributed by atoms with Gasteiger partial charge in [0.2, 0.25) is 9.84 Å². The number of nitrogen functional groups attached to an aromatic ring is 1. The van der Waals surface area contributed by atoms with E-state index in [1.54, 1.807) is 36.4 Å². The maximum atomic E-state index is 13.3. The van der Waals surface area contributed by atoms with Crippen LogP contribution in [0.25, 0.3) is 5.65 Å². The minimum Gasteiger partial charge on any atom is -0.383 e. The summed E-state index contributed by atoms with van der Waals surface area (Å²) in [5.74, 6) is 0.852. The van der Waals surface area contributed by atoms with E-state index in [4.69, 9.17) is 5.73 Å². The van der Waals surface area contributed by atoms with Crippen LogP contribution in [0.5, 0.6) is 0 Å². The van der Waals surface area contributed by atoms with Crippen LogP contribution < -0.4 is 11.1 Å². The summed E-state index contributed by atoms with van der Waals surface area (Å²) in [6.45, 7) is 3.32. The highest BCUT2D eigenvalue weighted by Gasteiger charge is 2.28. The van der Waals surface area contributed by atoms with Gasteiger partial charge in [-0.25, -0.2) is 13.4 Å². The number of aryl methyl sites for hydroxylation is 1. The van der Waals surface area contributed by atoms with Crippen LogP contribution in [0.15, 0.2) is 46.2 Å². The molecule has 3 rings (SSSR count). The van der Waals surface area contributed by atoms with Crippen molar-refractivity contribution in [3.05, 3.63) is 42.1 Å². The first kappa shape index (κ1) is 19.1. The van der Waals surface area contributed by atoms with Crippen LogP contribution in [0.2, 0.25) is 0 Å². The zero-order valence-electron chi connectivity index (χ0n) is 15.7. The van der Waals surface area contributed by atoms with Crippen LogP contribution in [0.3, 0.4) is 0 Å². The Kier molecular flexibility index (Phi) is 5.33. The number of nitrogens with one attached hydrogen (secondary N) is 1. The lowest BCUT2D eigenvalue weighted by Crippen LogP contribution is -2.21. The molecular weight excluding hydrogens is 364 g/mol. The van der Waals surface area contributed by atoms with Gasteiger partial charge in [0.25, 0.3) is 0 Å². The van der Waals surface area contributed by atoms with Crippen molar-refractivity contribution in [1.29, 1.82) is 0 Å². The summed E-state index contributed by atoms with van der Waals surface area (Å²) in [7, 11) is 0.178. The van der Waals surface area contributed by atoms with Gasteiger partial charge in [-0.3, -0.25) is 0 Å². The molecule has 0 radical (unpaired) electrons. The molecule has 0 saturated carbocycles. The van der Waals surface area contributed by atoms with Gasteiger partial charge in [-0.2, -0.15) is 9.61 Å². The summed E-state index contributed by atoms with van der Waals surface area (Å²) in [6.07, 6.45) is 0.452. The number of sulfone groups is 1. The SMILES string of the molecule is CCc1nn2c(N)cc(NCCN(C)C)nc2c1S(=O)(=O)c1ccccc1. The van der Waals surface area contributed by atoms with Crippen molar-refractivity contribution in [3.8, 4) is 0 Å². The van der Waals surface area contributed by atoms with Gasteiger partial charge < -0.3 is 16.0 Å². The zero-order valence-corrected chi connectivity index (χ0v) is 16.5. The van der Waals surface area contributed by atoms with E-state index in [0.717, 1.165) is 6.54 Å². The fraction of sp³-hybridized carbons (Fsp3) is 0.333. The molecule has 0 amide bonds. The lowest BCUT2D eigenvalue weighted by atomic mass is 10.3. The number of hydrogen-bond donors (Lipinski definition) is 2. The third kappa shape index (κ3) is 3.74. The molecule has 2 aromatic heterocycles. The highest BCUT2D eigenvalue weighted by atomic mass is 32.2. The van der Waals surface area contributed by atoms with Gasteiger partial charge in [0.1, 0.15) is 16.5 Å². The van der Waals surface area contributed by atoms with Crippen molar-refractivity contribution >= 4 is 27.1 Å². The number of fused-ring (bicyclic) bond motifs is 1. The molecule has 9 heteroatoms. The Morgan fingerprint density at radius 1 is 1.22 bits per heavy atom. The second-order valence-electron chi connectivity index (χ2n) is 6.48. The monoisotopic (exact) mass is 388 g/mol. The van der Waals surface area contributed by atoms with E-state index >= 15 is 0 Å². The zero-order chi connectivity index (χ0) is 19.6. The van der Waals surface area contributed by atoms with Crippen molar-refractivity contribution in [2.24, 2.45) is 0 Å². The van der Waals surface area contributed by atoms with Gasteiger partial charge in [-0.05, 0) is 32.6 Å². The summed E-state index contributed by atoms with van der Waals surface area (Å²) in [5, 5.41) is 7.57. The predicted molar refractivity (Wildman–Crippen MR) is 106 cm³/mol. The molecule has 0 saturated heterocycles. The van der Waals surface area contributed by atoms with E-state index < -0.39 is 9.84 Å². The van der Waals surface area contributed by atoms with Gasteiger partial charge in [0.05, 0.1) is 10.6 Å². The van der Waals surface area contributed by atoms with Gasteiger partial charge in [0.15, 0.2) is 5.65 Å². The van der Waals surface area contributed by atoms with E-state index in [1.807, 2.05) is 25.9 Å². The Bertz CT molecular complexity index is 1040. The molecule has 0 fully saturated rings. The summed E-state index contributed by atoms with van der Waals surface area (Å²) in [6, 6.07) is 9.97. The lowest BCUT2D eigenvalue weighted by Gasteiger charge is -2.12. The molecule has 2 heterocycles. The molecule has 8 nitrogen and oxygen atoms in total. The van der Waals surface area contributed by atoms with Gasteiger partial charge >= 0.3 is 0 Å². The number of hydrogen-bond acceptors (Lipinski definition) is 7. The molecule has 0 bridgehead atoms. The fourth-order valence-electron chi connectivity index (χ4n) is 2.79. The molecule has 0 aliphatic carbocycles. The molecule has 1 aromatic carbocycles. The second kappa shape index (κ2) is 7.53. The first-order valence-corrected chi connectivity index (χ1v) is 10.2. The Labute approximate surface area is 158 Å². The summed E-state index contributed by atoms with van der Waals surface area (Å²) in [4.78, 5) is 6.86. The van der Waals surface area contributed by atoms with Crippen LogP contribution in [-0.2, 0) is 16.3 Å². The van der Waals surface area contributed by atoms with Crippen LogP contribution in [0, 0.1) is 0 Å². The van der Waals surface area contributed by atoms with Crippen molar-refractivity contribution in [1.82, 2.24) is 19.5 Å². The number of benzene rings is 1. The van der Waals surface area contributed by atoms with Crippen LogP contribution in [0.4, 0.5) is 11.6 Å². The van der Waals surface area contributed by atoms with E-state index in [0.29, 0.717) is 30.3 Å². The van der Waals surface area contributed by atoms with E-state index in [1.165, 1.54) is 4.52 Å². The van der Waals surface area contributed by atoms with Gasteiger partial charge in [-0.15, -0.1) is 0 Å². The minimum absolute atomic E-state index is 0.110. The maximum absolute atomic E-state index is 13.3. The molecule has 3 aromatic rings. The molecule has 0 spiro atoms. The first-order valence-electron chi connectivity index (χ1n) is 8.71. The van der Waals surface area contributed by atoms with Crippen LogP contribution in [0.1, 0.15) is 12.6 Å². The quantitative estimate of drug-likeness (QED) is 0.634. The van der Waals surface area contributed by atoms with Crippen LogP contribution >= 0.6 is 0 Å². The molecule has 0 aliphatic heterocycles. The van der Waals surface area contributed by atoms with E-state index in [-0.39, 0.29) is 15.4 Å².